The summed E-state index contributed by atoms with van der Waals surface area (Å²) in [4.78, 5) is 18.7. The molecule has 1 aromatic carbocycles. The van der Waals surface area contributed by atoms with Crippen LogP contribution in [-0.2, 0) is 9.53 Å². The molecule has 1 saturated carbocycles. The molecular weight excluding hydrogens is 324 g/mol. The van der Waals surface area contributed by atoms with Crippen molar-refractivity contribution in [1.29, 1.82) is 0 Å². The minimum absolute atomic E-state index is 0.239. The third-order valence-corrected chi connectivity index (χ3v) is 7.67. The molecule has 140 valence electrons. The predicted molar refractivity (Wildman–Crippen MR) is 101 cm³/mol. The predicted octanol–water partition coefficient (Wildman–Crippen LogP) is 2.89. The van der Waals surface area contributed by atoms with Gasteiger partial charge in [0.2, 0.25) is 5.91 Å². The van der Waals surface area contributed by atoms with E-state index in [4.69, 9.17) is 4.74 Å². The van der Waals surface area contributed by atoms with Gasteiger partial charge < -0.3 is 9.64 Å². The number of amides is 1. The molecule has 0 spiro atoms. The van der Waals surface area contributed by atoms with Crippen molar-refractivity contribution in [1.82, 2.24) is 9.80 Å². The van der Waals surface area contributed by atoms with E-state index in [0.717, 1.165) is 25.8 Å². The molecule has 4 nitrogen and oxygen atoms in total. The Kier molecular flexibility index (Phi) is 4.09. The number of piperidine rings is 3. The molecule has 1 amide bonds. The van der Waals surface area contributed by atoms with Gasteiger partial charge >= 0.3 is 0 Å². The molecule has 0 radical (unpaired) electrons. The minimum atomic E-state index is -0.239. The highest BCUT2D eigenvalue weighted by atomic mass is 16.5. The number of fused-ring (bicyclic) bond motifs is 2. The largest absolute Gasteiger partial charge is 0.384 e. The lowest BCUT2D eigenvalue weighted by Crippen LogP contribution is -2.62. The van der Waals surface area contributed by atoms with E-state index in [0.29, 0.717) is 36.4 Å². The number of hydrogen-bond donors (Lipinski definition) is 0. The van der Waals surface area contributed by atoms with Crippen LogP contribution in [0.5, 0.6) is 0 Å². The third-order valence-electron chi connectivity index (χ3n) is 7.67. The Bertz CT molecular complexity index is 664. The molecule has 1 aromatic rings. The summed E-state index contributed by atoms with van der Waals surface area (Å²) in [6.07, 6.45) is 5.66. The number of carbonyl (C=O) groups excluding carboxylic acids is 1. The highest BCUT2D eigenvalue weighted by Gasteiger charge is 2.58. The van der Waals surface area contributed by atoms with Crippen molar-refractivity contribution in [2.45, 2.75) is 50.1 Å². The molecule has 0 aromatic heterocycles. The number of methoxy groups -OCH3 is 1. The summed E-state index contributed by atoms with van der Waals surface area (Å²) in [6, 6.07) is 11.8. The molecule has 5 fully saturated rings. The Morgan fingerprint density at radius 2 is 1.88 bits per heavy atom. The molecule has 2 bridgehead atoms. The molecule has 6 rings (SSSR count). The van der Waals surface area contributed by atoms with E-state index in [1.54, 1.807) is 7.11 Å². The van der Waals surface area contributed by atoms with Gasteiger partial charge in [0, 0.05) is 25.6 Å². The fourth-order valence-corrected chi connectivity index (χ4v) is 6.25. The summed E-state index contributed by atoms with van der Waals surface area (Å²) in [5, 5.41) is 0. The summed E-state index contributed by atoms with van der Waals surface area (Å²) in [5.41, 5.74) is 1.16. The normalized spacial score (nSPS) is 37.3. The van der Waals surface area contributed by atoms with Crippen LogP contribution in [-0.4, -0.2) is 61.1 Å². The Balaban J connectivity index is 1.49. The van der Waals surface area contributed by atoms with Crippen molar-refractivity contribution in [2.75, 3.05) is 33.4 Å². The lowest BCUT2D eigenvalue weighted by molar-refractivity contribution is -0.156. The standard InChI is InChI=1S/C22H30N2O2/c1-26-15-22(10-5-11-22)21(25)24-14-18(16-6-3-2-4-7-16)20-19(24)17-8-12-23(20)13-9-17/h2-4,6-7,17-20H,5,8-15H2,1H3/t18-,19+,20+/m0/s1. The number of nitrogens with zero attached hydrogens (tertiary/aromatic N) is 2. The van der Waals surface area contributed by atoms with Crippen LogP contribution in [0.4, 0.5) is 0 Å². The van der Waals surface area contributed by atoms with Gasteiger partial charge in [-0.15, -0.1) is 0 Å². The highest BCUT2D eigenvalue weighted by Crippen LogP contribution is 2.50. The molecule has 4 heteroatoms. The van der Waals surface area contributed by atoms with Crippen LogP contribution in [0.3, 0.4) is 0 Å². The molecule has 26 heavy (non-hydrogen) atoms. The summed E-state index contributed by atoms with van der Waals surface area (Å²) >= 11 is 0. The number of benzene rings is 1. The fraction of sp³-hybridized carbons (Fsp3) is 0.682. The van der Waals surface area contributed by atoms with Crippen molar-refractivity contribution >= 4 is 5.91 Å². The quantitative estimate of drug-likeness (QED) is 0.833. The molecule has 0 N–H and O–H groups in total. The van der Waals surface area contributed by atoms with E-state index >= 15 is 0 Å². The van der Waals surface area contributed by atoms with Gasteiger partial charge in [0.15, 0.2) is 0 Å². The molecule has 4 heterocycles. The zero-order chi connectivity index (χ0) is 17.7. The molecule has 4 aliphatic heterocycles. The molecule has 4 saturated heterocycles. The van der Waals surface area contributed by atoms with Gasteiger partial charge in [-0.1, -0.05) is 36.8 Å². The number of hydrogen-bond acceptors (Lipinski definition) is 3. The second-order valence-electron chi connectivity index (χ2n) is 8.90. The van der Waals surface area contributed by atoms with E-state index in [2.05, 4.69) is 40.1 Å². The molecule has 1 aliphatic carbocycles. The van der Waals surface area contributed by atoms with E-state index in [9.17, 15) is 4.79 Å². The van der Waals surface area contributed by atoms with Crippen LogP contribution in [0.2, 0.25) is 0 Å². The first-order chi connectivity index (χ1) is 12.7. The minimum Gasteiger partial charge on any atom is -0.384 e. The van der Waals surface area contributed by atoms with Crippen molar-refractivity contribution in [3.05, 3.63) is 35.9 Å². The maximum absolute atomic E-state index is 13.7. The van der Waals surface area contributed by atoms with Gasteiger partial charge in [0.1, 0.15) is 0 Å². The van der Waals surface area contributed by atoms with E-state index in [1.165, 1.54) is 31.5 Å². The first-order valence-electron chi connectivity index (χ1n) is 10.3. The summed E-state index contributed by atoms with van der Waals surface area (Å²) in [6.45, 7) is 3.89. The van der Waals surface area contributed by atoms with Crippen molar-refractivity contribution in [3.63, 3.8) is 0 Å². The van der Waals surface area contributed by atoms with E-state index in [1.807, 2.05) is 0 Å². The van der Waals surface area contributed by atoms with E-state index in [-0.39, 0.29) is 5.41 Å². The average molecular weight is 354 g/mol. The smallest absolute Gasteiger partial charge is 0.231 e. The maximum Gasteiger partial charge on any atom is 0.231 e. The second-order valence-corrected chi connectivity index (χ2v) is 8.90. The number of carbonyl (C=O) groups is 1. The van der Waals surface area contributed by atoms with Crippen molar-refractivity contribution < 1.29 is 9.53 Å². The van der Waals surface area contributed by atoms with Crippen LogP contribution in [0.25, 0.3) is 0 Å². The van der Waals surface area contributed by atoms with Crippen LogP contribution in [0.15, 0.2) is 30.3 Å². The fourth-order valence-electron chi connectivity index (χ4n) is 6.25. The zero-order valence-electron chi connectivity index (χ0n) is 15.8. The Hall–Kier alpha value is -1.39. The number of ether oxygens (including phenoxy) is 1. The second kappa shape index (κ2) is 6.35. The van der Waals surface area contributed by atoms with Gasteiger partial charge in [-0.25, -0.2) is 0 Å². The Labute approximate surface area is 156 Å². The lowest BCUT2D eigenvalue weighted by atomic mass is 9.67. The third kappa shape index (κ3) is 2.38. The summed E-state index contributed by atoms with van der Waals surface area (Å²) < 4.78 is 5.48. The van der Waals surface area contributed by atoms with Gasteiger partial charge in [-0.05, 0) is 50.3 Å². The summed E-state index contributed by atoms with van der Waals surface area (Å²) in [7, 11) is 1.74. The number of likely N-dealkylation sites (tertiary alicyclic amines) is 1. The van der Waals surface area contributed by atoms with Crippen LogP contribution in [0, 0.1) is 11.3 Å². The Morgan fingerprint density at radius 3 is 2.50 bits per heavy atom. The first kappa shape index (κ1) is 16.8. The average Bonchev–Trinajstić information content (AvgIpc) is 3.09. The van der Waals surface area contributed by atoms with Crippen LogP contribution < -0.4 is 0 Å². The lowest BCUT2D eigenvalue weighted by Gasteiger charge is -2.52. The topological polar surface area (TPSA) is 32.8 Å². The van der Waals surface area contributed by atoms with Gasteiger partial charge in [-0.3, -0.25) is 9.69 Å². The van der Waals surface area contributed by atoms with Crippen molar-refractivity contribution in [2.24, 2.45) is 11.3 Å². The molecule has 5 aliphatic rings. The van der Waals surface area contributed by atoms with Crippen LogP contribution in [0.1, 0.15) is 43.6 Å². The van der Waals surface area contributed by atoms with Crippen molar-refractivity contribution in [3.8, 4) is 0 Å². The van der Waals surface area contributed by atoms with Crippen LogP contribution >= 0.6 is 0 Å². The van der Waals surface area contributed by atoms with Gasteiger partial charge in [-0.2, -0.15) is 0 Å². The molecule has 3 atom stereocenters. The Morgan fingerprint density at radius 1 is 1.15 bits per heavy atom. The van der Waals surface area contributed by atoms with Gasteiger partial charge in [0.05, 0.1) is 18.1 Å². The molecular formula is C22H30N2O2. The maximum atomic E-state index is 13.7. The van der Waals surface area contributed by atoms with E-state index < -0.39 is 0 Å². The first-order valence-corrected chi connectivity index (χ1v) is 10.3. The zero-order valence-corrected chi connectivity index (χ0v) is 15.8. The number of rotatable bonds is 4. The highest BCUT2D eigenvalue weighted by molar-refractivity contribution is 5.85. The monoisotopic (exact) mass is 354 g/mol. The summed E-state index contributed by atoms with van der Waals surface area (Å²) in [5.74, 6) is 1.52. The SMILES string of the molecule is COCC1(C(=O)N2C[C@@H](c3ccccc3)[C@@H]3[C@H]2C2CCN3CC2)CCC1. The van der Waals surface area contributed by atoms with Gasteiger partial charge in [0.25, 0.3) is 0 Å². The molecule has 0 unspecified atom stereocenters.